The molecule has 0 spiro atoms. The zero-order valence-corrected chi connectivity index (χ0v) is 7.34. The van der Waals surface area contributed by atoms with E-state index in [9.17, 15) is 13.2 Å². The van der Waals surface area contributed by atoms with E-state index < -0.39 is 28.0 Å². The Balaban J connectivity index is 3.28. The Morgan fingerprint density at radius 2 is 1.85 bits per heavy atom. The highest BCUT2D eigenvalue weighted by atomic mass is 35.5. The average Bonchev–Trinajstić information content (AvgIpc) is 2.09. The molecule has 0 radical (unpaired) electrons. The van der Waals surface area contributed by atoms with E-state index in [1.54, 1.807) is 0 Å². The van der Waals surface area contributed by atoms with Crippen LogP contribution in [-0.4, -0.2) is 6.54 Å². The molecule has 0 amide bonds. The normalized spacial score (nSPS) is 10.5. The lowest BCUT2D eigenvalue weighted by atomic mass is 10.1. The van der Waals surface area contributed by atoms with Gasteiger partial charge in [0.1, 0.15) is 5.82 Å². The molecule has 0 bridgehead atoms. The quantitative estimate of drug-likeness (QED) is 0.743. The highest BCUT2D eigenvalue weighted by Crippen LogP contribution is 2.23. The lowest BCUT2D eigenvalue weighted by Gasteiger charge is -2.05. The number of benzene rings is 1. The van der Waals surface area contributed by atoms with E-state index in [1.807, 2.05) is 0 Å². The smallest absolute Gasteiger partial charge is 0.165 e. The predicted octanol–water partition coefficient (Wildman–Crippen LogP) is 2.26. The Labute approximate surface area is 78.3 Å². The fraction of sp³-hybridized carbons (Fsp3) is 0.250. The highest BCUT2D eigenvalue weighted by Gasteiger charge is 2.16. The van der Waals surface area contributed by atoms with Crippen LogP contribution >= 0.6 is 11.6 Å². The summed E-state index contributed by atoms with van der Waals surface area (Å²) in [6, 6.07) is 0.603. The number of hydrogen-bond donors (Lipinski definition) is 1. The molecular formula is C8H7ClF3N. The van der Waals surface area contributed by atoms with Gasteiger partial charge in [0.2, 0.25) is 0 Å². The van der Waals surface area contributed by atoms with E-state index in [2.05, 4.69) is 0 Å². The van der Waals surface area contributed by atoms with E-state index in [0.29, 0.717) is 6.07 Å². The van der Waals surface area contributed by atoms with Gasteiger partial charge in [-0.05, 0) is 19.0 Å². The molecule has 72 valence electrons. The van der Waals surface area contributed by atoms with E-state index in [1.165, 1.54) is 0 Å². The molecule has 0 fully saturated rings. The first kappa shape index (κ1) is 10.3. The van der Waals surface area contributed by atoms with E-state index in [4.69, 9.17) is 17.3 Å². The van der Waals surface area contributed by atoms with Crippen LogP contribution in [0.25, 0.3) is 0 Å². The van der Waals surface area contributed by atoms with Crippen molar-refractivity contribution in [2.75, 3.05) is 6.54 Å². The molecule has 0 heterocycles. The van der Waals surface area contributed by atoms with Crippen molar-refractivity contribution in [3.05, 3.63) is 34.1 Å². The van der Waals surface area contributed by atoms with Crippen LogP contribution in [0.4, 0.5) is 13.2 Å². The van der Waals surface area contributed by atoms with Gasteiger partial charge in [0.05, 0.1) is 5.02 Å². The van der Waals surface area contributed by atoms with Crippen molar-refractivity contribution in [3.63, 3.8) is 0 Å². The van der Waals surface area contributed by atoms with Crippen molar-refractivity contribution in [1.82, 2.24) is 0 Å². The number of hydrogen-bond acceptors (Lipinski definition) is 1. The third-order valence-electron chi connectivity index (χ3n) is 1.60. The van der Waals surface area contributed by atoms with Crippen LogP contribution in [0.3, 0.4) is 0 Å². The Kier molecular flexibility index (Phi) is 3.17. The Hall–Kier alpha value is -0.740. The molecule has 0 saturated carbocycles. The van der Waals surface area contributed by atoms with Crippen LogP contribution in [0.2, 0.25) is 5.02 Å². The Bertz CT molecular complexity index is 301. The molecule has 13 heavy (non-hydrogen) atoms. The van der Waals surface area contributed by atoms with Crippen LogP contribution in [0, 0.1) is 17.5 Å². The van der Waals surface area contributed by atoms with Crippen LogP contribution in [0.1, 0.15) is 5.56 Å². The molecule has 1 rings (SSSR count). The summed E-state index contributed by atoms with van der Waals surface area (Å²) >= 11 is 5.30. The molecule has 1 aromatic carbocycles. The van der Waals surface area contributed by atoms with Crippen LogP contribution in [-0.2, 0) is 6.42 Å². The van der Waals surface area contributed by atoms with Gasteiger partial charge in [0.15, 0.2) is 11.6 Å². The minimum absolute atomic E-state index is 0.0353. The van der Waals surface area contributed by atoms with Gasteiger partial charge in [0, 0.05) is 5.56 Å². The van der Waals surface area contributed by atoms with Crippen molar-refractivity contribution >= 4 is 11.6 Å². The topological polar surface area (TPSA) is 26.0 Å². The van der Waals surface area contributed by atoms with Gasteiger partial charge in [-0.3, -0.25) is 0 Å². The second-order valence-corrected chi connectivity index (χ2v) is 2.89. The molecule has 0 aliphatic rings. The number of nitrogens with two attached hydrogens (primary N) is 1. The summed E-state index contributed by atoms with van der Waals surface area (Å²) in [5.74, 6) is -3.31. The van der Waals surface area contributed by atoms with Crippen LogP contribution < -0.4 is 5.73 Å². The summed E-state index contributed by atoms with van der Waals surface area (Å²) < 4.78 is 38.6. The van der Waals surface area contributed by atoms with Gasteiger partial charge in [-0.1, -0.05) is 11.6 Å². The molecule has 0 aliphatic heterocycles. The first-order chi connectivity index (χ1) is 6.07. The third kappa shape index (κ3) is 1.95. The fourth-order valence-corrected chi connectivity index (χ4v) is 1.20. The fourth-order valence-electron chi connectivity index (χ4n) is 0.986. The molecule has 1 aromatic rings. The molecule has 2 N–H and O–H groups in total. The Morgan fingerprint density at radius 1 is 1.23 bits per heavy atom. The Morgan fingerprint density at radius 3 is 2.38 bits per heavy atom. The van der Waals surface area contributed by atoms with Crippen molar-refractivity contribution in [2.24, 2.45) is 5.73 Å². The second kappa shape index (κ2) is 3.98. The van der Waals surface area contributed by atoms with E-state index in [0.717, 1.165) is 0 Å². The highest BCUT2D eigenvalue weighted by molar-refractivity contribution is 6.30. The van der Waals surface area contributed by atoms with Gasteiger partial charge in [-0.25, -0.2) is 13.2 Å². The lowest BCUT2D eigenvalue weighted by molar-refractivity contribution is 0.480. The lowest BCUT2D eigenvalue weighted by Crippen LogP contribution is -2.08. The molecule has 0 aliphatic carbocycles. The first-order valence-electron chi connectivity index (χ1n) is 3.60. The SMILES string of the molecule is NCCc1c(F)c(F)cc(Cl)c1F. The monoisotopic (exact) mass is 209 g/mol. The standard InChI is InChI=1S/C8H7ClF3N/c9-5-3-6(10)8(12)4(1-2-13)7(5)11/h3H,1-2,13H2. The molecule has 0 saturated heterocycles. The summed E-state index contributed by atoms with van der Waals surface area (Å²) in [5.41, 5.74) is 4.70. The van der Waals surface area contributed by atoms with Crippen molar-refractivity contribution in [1.29, 1.82) is 0 Å². The summed E-state index contributed by atoms with van der Waals surface area (Å²) in [5, 5.41) is -0.428. The second-order valence-electron chi connectivity index (χ2n) is 2.49. The molecule has 1 nitrogen and oxygen atoms in total. The van der Waals surface area contributed by atoms with Crippen molar-refractivity contribution in [2.45, 2.75) is 6.42 Å². The molecular weight excluding hydrogens is 203 g/mol. The number of rotatable bonds is 2. The maximum Gasteiger partial charge on any atom is 0.165 e. The van der Waals surface area contributed by atoms with Crippen molar-refractivity contribution in [3.8, 4) is 0 Å². The van der Waals surface area contributed by atoms with Gasteiger partial charge in [-0.2, -0.15) is 0 Å². The van der Waals surface area contributed by atoms with Gasteiger partial charge in [0.25, 0.3) is 0 Å². The third-order valence-corrected chi connectivity index (χ3v) is 1.87. The van der Waals surface area contributed by atoms with Gasteiger partial charge >= 0.3 is 0 Å². The zero-order valence-electron chi connectivity index (χ0n) is 6.58. The first-order valence-corrected chi connectivity index (χ1v) is 3.97. The summed E-state index contributed by atoms with van der Waals surface area (Å²) in [7, 11) is 0. The maximum absolute atomic E-state index is 13.0. The number of halogens is 4. The average molecular weight is 210 g/mol. The van der Waals surface area contributed by atoms with Gasteiger partial charge in [-0.15, -0.1) is 0 Å². The van der Waals surface area contributed by atoms with Crippen LogP contribution in [0.15, 0.2) is 6.07 Å². The molecule has 0 aromatic heterocycles. The zero-order chi connectivity index (χ0) is 10.0. The predicted molar refractivity (Wildman–Crippen MR) is 44.1 cm³/mol. The van der Waals surface area contributed by atoms with E-state index in [-0.39, 0.29) is 13.0 Å². The molecule has 0 unspecified atom stereocenters. The summed E-state index contributed by atoms with van der Waals surface area (Å²) in [4.78, 5) is 0. The maximum atomic E-state index is 13.0. The summed E-state index contributed by atoms with van der Waals surface area (Å²) in [6.45, 7) is 0.0353. The summed E-state index contributed by atoms with van der Waals surface area (Å²) in [6.07, 6.45) is -0.0743. The largest absolute Gasteiger partial charge is 0.330 e. The minimum Gasteiger partial charge on any atom is -0.330 e. The minimum atomic E-state index is -1.22. The van der Waals surface area contributed by atoms with E-state index >= 15 is 0 Å². The van der Waals surface area contributed by atoms with Crippen molar-refractivity contribution < 1.29 is 13.2 Å². The van der Waals surface area contributed by atoms with Gasteiger partial charge < -0.3 is 5.73 Å². The van der Waals surface area contributed by atoms with Crippen LogP contribution in [0.5, 0.6) is 0 Å². The molecule has 0 atom stereocenters. The molecule has 5 heteroatoms.